The van der Waals surface area contributed by atoms with E-state index in [0.29, 0.717) is 57.9 Å². The molecule has 3 heterocycles. The summed E-state index contributed by atoms with van der Waals surface area (Å²) in [5.74, 6) is 0.555. The average Bonchev–Trinajstić information content (AvgIpc) is 3.20. The van der Waals surface area contributed by atoms with Gasteiger partial charge in [-0.2, -0.15) is 10.1 Å². The Bertz CT molecular complexity index is 1320. The highest BCUT2D eigenvalue weighted by Gasteiger charge is 2.33. The number of rotatable bonds is 4. The number of fused-ring (bicyclic) bond motifs is 1. The fourth-order valence-electron chi connectivity index (χ4n) is 4.24. The fourth-order valence-corrected chi connectivity index (χ4v) is 4.64. The number of aromatic nitrogens is 4. The largest absolute Gasteiger partial charge is 0.444 e. The van der Waals surface area contributed by atoms with Crippen LogP contribution < -0.4 is 15.8 Å². The number of anilines is 1. The van der Waals surface area contributed by atoms with Gasteiger partial charge in [-0.15, -0.1) is 0 Å². The van der Waals surface area contributed by atoms with E-state index in [4.69, 9.17) is 32.9 Å². The minimum Gasteiger partial charge on any atom is -0.444 e. The van der Waals surface area contributed by atoms with Crippen LogP contribution in [0.15, 0.2) is 23.0 Å². The van der Waals surface area contributed by atoms with Gasteiger partial charge < -0.3 is 15.0 Å². The van der Waals surface area contributed by atoms with Crippen LogP contribution in [0, 0.1) is 5.41 Å². The monoisotopic (exact) mass is 520 g/mol. The van der Waals surface area contributed by atoms with Crippen LogP contribution in [0.3, 0.4) is 0 Å². The van der Waals surface area contributed by atoms with Crippen molar-refractivity contribution >= 4 is 46.3 Å². The molecule has 0 unspecified atom stereocenters. The maximum atomic E-state index is 13.4. The summed E-state index contributed by atoms with van der Waals surface area (Å²) in [5.41, 5.74) is 0.581. The summed E-state index contributed by atoms with van der Waals surface area (Å²) in [5, 5.41) is 11.2. The van der Waals surface area contributed by atoms with Crippen molar-refractivity contribution in [3.05, 3.63) is 38.6 Å². The number of carbonyl (C=O) groups is 1. The van der Waals surface area contributed by atoms with Gasteiger partial charge in [0, 0.05) is 32.2 Å². The molecule has 1 aliphatic heterocycles. The van der Waals surface area contributed by atoms with E-state index in [2.05, 4.69) is 27.3 Å². The second kappa shape index (κ2) is 9.35. The lowest BCUT2D eigenvalue weighted by atomic mass is 9.80. The molecule has 1 aromatic carbocycles. The van der Waals surface area contributed by atoms with Crippen LogP contribution in [-0.4, -0.2) is 51.1 Å². The van der Waals surface area contributed by atoms with Gasteiger partial charge in [-0.05, 0) is 45.1 Å². The summed E-state index contributed by atoms with van der Waals surface area (Å²) in [4.78, 5) is 32.2. The Balaban J connectivity index is 1.53. The lowest BCUT2D eigenvalue weighted by molar-refractivity contribution is 0.0495. The van der Waals surface area contributed by atoms with Gasteiger partial charge in [0.15, 0.2) is 5.65 Å². The van der Waals surface area contributed by atoms with Gasteiger partial charge in [0.2, 0.25) is 5.95 Å². The molecule has 0 spiro atoms. The van der Waals surface area contributed by atoms with E-state index in [1.165, 1.54) is 0 Å². The van der Waals surface area contributed by atoms with Crippen molar-refractivity contribution in [3.8, 4) is 11.3 Å². The Morgan fingerprint density at radius 2 is 1.94 bits per heavy atom. The smallest absolute Gasteiger partial charge is 0.407 e. The zero-order valence-corrected chi connectivity index (χ0v) is 22.0. The summed E-state index contributed by atoms with van der Waals surface area (Å²) in [6.45, 7) is 9.56. The molecule has 2 N–H and O–H groups in total. The second-order valence-corrected chi connectivity index (χ2v) is 11.1. The number of piperidine rings is 1. The van der Waals surface area contributed by atoms with Crippen LogP contribution in [0.4, 0.5) is 10.7 Å². The number of H-pyrrole nitrogens is 1. The van der Waals surface area contributed by atoms with Gasteiger partial charge in [-0.25, -0.2) is 4.79 Å². The standard InChI is InChI=1S/C24H30Cl2N6O3/c1-23(2,3)35-22(34)27-13-24(4)9-11-32(12-10-24)21-28-19-16(20(33)31(21)5)18(29-30-19)14-7-6-8-15(25)17(14)26/h6-8H,9-13H2,1-5H3,(H,27,34)(H,29,30). The Hall–Kier alpha value is -2.78. The van der Waals surface area contributed by atoms with Gasteiger partial charge in [-0.3, -0.25) is 14.5 Å². The molecule has 2 aromatic heterocycles. The van der Waals surface area contributed by atoms with Crippen LogP contribution in [0.1, 0.15) is 40.5 Å². The second-order valence-electron chi connectivity index (χ2n) is 10.3. The van der Waals surface area contributed by atoms with Crippen LogP contribution >= 0.6 is 23.2 Å². The zero-order valence-electron chi connectivity index (χ0n) is 20.5. The molecule has 1 saturated heterocycles. The predicted octanol–water partition coefficient (Wildman–Crippen LogP) is 4.76. The molecular formula is C24H30Cl2N6O3. The van der Waals surface area contributed by atoms with Gasteiger partial charge in [0.1, 0.15) is 11.0 Å². The first-order valence-corrected chi connectivity index (χ1v) is 12.3. The molecule has 0 aliphatic carbocycles. The number of amides is 1. The highest BCUT2D eigenvalue weighted by atomic mass is 35.5. The number of hydrogen-bond donors (Lipinski definition) is 2. The van der Waals surface area contributed by atoms with Crippen LogP contribution in [-0.2, 0) is 11.8 Å². The van der Waals surface area contributed by atoms with E-state index in [0.717, 1.165) is 12.8 Å². The molecule has 0 saturated carbocycles. The van der Waals surface area contributed by atoms with E-state index >= 15 is 0 Å². The number of carbonyl (C=O) groups excluding carboxylic acids is 1. The third-order valence-corrected chi connectivity index (χ3v) is 7.12. The van der Waals surface area contributed by atoms with E-state index in [9.17, 15) is 9.59 Å². The molecule has 3 aromatic rings. The number of nitrogens with one attached hydrogen (secondary N) is 2. The molecule has 0 bridgehead atoms. The third-order valence-electron chi connectivity index (χ3n) is 6.30. The number of hydrogen-bond acceptors (Lipinski definition) is 6. The summed E-state index contributed by atoms with van der Waals surface area (Å²) < 4.78 is 6.89. The Labute approximate surface area is 213 Å². The van der Waals surface area contributed by atoms with Gasteiger partial charge in [0.25, 0.3) is 5.56 Å². The molecule has 188 valence electrons. The van der Waals surface area contributed by atoms with Crippen molar-refractivity contribution in [2.24, 2.45) is 12.5 Å². The minimum atomic E-state index is -0.534. The Kier molecular flexibility index (Phi) is 6.76. The lowest BCUT2D eigenvalue weighted by Gasteiger charge is -2.40. The van der Waals surface area contributed by atoms with Crippen molar-refractivity contribution in [2.45, 2.75) is 46.1 Å². The summed E-state index contributed by atoms with van der Waals surface area (Å²) >= 11 is 12.6. The summed E-state index contributed by atoms with van der Waals surface area (Å²) in [6, 6.07) is 5.24. The van der Waals surface area contributed by atoms with Gasteiger partial charge in [0.05, 0.1) is 15.7 Å². The SMILES string of the molecule is Cn1c(N2CCC(C)(CNC(=O)OC(C)(C)C)CC2)nc2n[nH]c(-c3cccc(Cl)c3Cl)c2c1=O. The van der Waals surface area contributed by atoms with Crippen LogP contribution in [0.5, 0.6) is 0 Å². The molecule has 1 amide bonds. The van der Waals surface area contributed by atoms with E-state index in [1.807, 2.05) is 20.8 Å². The van der Waals surface area contributed by atoms with Crippen molar-refractivity contribution in [3.63, 3.8) is 0 Å². The van der Waals surface area contributed by atoms with Crippen molar-refractivity contribution < 1.29 is 9.53 Å². The number of benzene rings is 1. The molecule has 9 nitrogen and oxygen atoms in total. The maximum absolute atomic E-state index is 13.4. The first kappa shape index (κ1) is 25.3. The average molecular weight is 521 g/mol. The van der Waals surface area contributed by atoms with Crippen molar-refractivity contribution in [2.75, 3.05) is 24.5 Å². The molecule has 0 radical (unpaired) electrons. The lowest BCUT2D eigenvalue weighted by Crippen LogP contribution is -2.47. The normalized spacial score (nSPS) is 15.9. The maximum Gasteiger partial charge on any atom is 0.407 e. The Morgan fingerprint density at radius 1 is 1.26 bits per heavy atom. The van der Waals surface area contributed by atoms with Gasteiger partial charge in [-0.1, -0.05) is 42.3 Å². The van der Waals surface area contributed by atoms with E-state index < -0.39 is 11.7 Å². The van der Waals surface area contributed by atoms with E-state index in [-0.39, 0.29) is 11.0 Å². The van der Waals surface area contributed by atoms with Crippen LogP contribution in [0.25, 0.3) is 22.3 Å². The quantitative estimate of drug-likeness (QED) is 0.513. The molecule has 0 atom stereocenters. The van der Waals surface area contributed by atoms with Crippen molar-refractivity contribution in [1.82, 2.24) is 25.1 Å². The molecule has 1 aliphatic rings. The summed E-state index contributed by atoms with van der Waals surface area (Å²) in [6.07, 6.45) is 1.23. The number of ether oxygens (including phenoxy) is 1. The highest BCUT2D eigenvalue weighted by molar-refractivity contribution is 6.43. The molecule has 4 rings (SSSR count). The first-order chi connectivity index (χ1) is 16.4. The minimum absolute atomic E-state index is 0.0841. The van der Waals surface area contributed by atoms with Crippen molar-refractivity contribution in [1.29, 1.82) is 0 Å². The fraction of sp³-hybridized carbons (Fsp3) is 0.500. The highest BCUT2D eigenvalue weighted by Crippen LogP contribution is 2.36. The molecule has 35 heavy (non-hydrogen) atoms. The predicted molar refractivity (Wildman–Crippen MR) is 138 cm³/mol. The Morgan fingerprint density at radius 3 is 2.60 bits per heavy atom. The number of nitrogens with zero attached hydrogens (tertiary/aromatic N) is 4. The third kappa shape index (κ3) is 5.26. The number of halogens is 2. The van der Waals surface area contributed by atoms with E-state index in [1.54, 1.807) is 29.8 Å². The summed E-state index contributed by atoms with van der Waals surface area (Å²) in [7, 11) is 1.71. The molecule has 1 fully saturated rings. The molecule has 11 heteroatoms. The zero-order chi connectivity index (χ0) is 25.5. The topological polar surface area (TPSA) is 105 Å². The number of alkyl carbamates (subject to hydrolysis) is 1. The van der Waals surface area contributed by atoms with Crippen LogP contribution in [0.2, 0.25) is 10.0 Å². The number of aromatic amines is 1. The first-order valence-electron chi connectivity index (χ1n) is 11.5. The van der Waals surface area contributed by atoms with Gasteiger partial charge >= 0.3 is 6.09 Å². The molecular weight excluding hydrogens is 491 g/mol.